The highest BCUT2D eigenvalue weighted by molar-refractivity contribution is 9.10. The van der Waals surface area contributed by atoms with E-state index in [1.165, 1.54) is 0 Å². The van der Waals surface area contributed by atoms with Crippen LogP contribution in [0.15, 0.2) is 22.7 Å². The summed E-state index contributed by atoms with van der Waals surface area (Å²) in [4.78, 5) is 0. The average molecular weight is 297 g/mol. The van der Waals surface area contributed by atoms with Gasteiger partial charge in [-0.25, -0.2) is 0 Å². The van der Waals surface area contributed by atoms with E-state index in [0.717, 1.165) is 10.0 Å². The van der Waals surface area contributed by atoms with Crippen molar-refractivity contribution in [3.05, 3.63) is 28.2 Å². The van der Waals surface area contributed by atoms with Crippen LogP contribution < -0.4 is 5.73 Å². The van der Waals surface area contributed by atoms with Crippen molar-refractivity contribution in [3.8, 4) is 5.75 Å². The summed E-state index contributed by atoms with van der Waals surface area (Å²) < 4.78 is 0.827. The van der Waals surface area contributed by atoms with Gasteiger partial charge in [0.1, 0.15) is 5.75 Å². The van der Waals surface area contributed by atoms with Gasteiger partial charge in [-0.05, 0) is 25.0 Å². The van der Waals surface area contributed by atoms with Crippen molar-refractivity contribution in [2.45, 2.75) is 18.9 Å². The first-order valence-electron chi connectivity index (χ1n) is 4.50. The molecule has 0 saturated carbocycles. The number of hydrogen-bond donors (Lipinski definition) is 3. The van der Waals surface area contributed by atoms with Gasteiger partial charge in [-0.3, -0.25) is 0 Å². The molecule has 1 atom stereocenters. The van der Waals surface area contributed by atoms with Crippen LogP contribution in [0.5, 0.6) is 5.75 Å². The number of phenols is 1. The number of halogens is 2. The lowest BCUT2D eigenvalue weighted by molar-refractivity contribution is 0.279. The van der Waals surface area contributed by atoms with Crippen LogP contribution in [0.4, 0.5) is 0 Å². The molecule has 1 aromatic carbocycles. The first-order valence-corrected chi connectivity index (χ1v) is 5.29. The SMILES string of the molecule is Cl.N[C@@H](CCCO)c1ccc(Br)cc1O. The molecule has 0 aliphatic rings. The molecule has 0 heterocycles. The lowest BCUT2D eigenvalue weighted by Crippen LogP contribution is -2.10. The smallest absolute Gasteiger partial charge is 0.121 e. The van der Waals surface area contributed by atoms with Crippen molar-refractivity contribution in [1.29, 1.82) is 0 Å². The highest BCUT2D eigenvalue weighted by atomic mass is 79.9. The second kappa shape index (κ2) is 7.06. The molecule has 0 unspecified atom stereocenters. The Labute approximate surface area is 104 Å². The number of aliphatic hydroxyl groups is 1. The fraction of sp³-hybridized carbons (Fsp3) is 0.400. The van der Waals surface area contributed by atoms with Crippen LogP contribution in [0.3, 0.4) is 0 Å². The van der Waals surface area contributed by atoms with Crippen LogP contribution in [-0.2, 0) is 0 Å². The van der Waals surface area contributed by atoms with Gasteiger partial charge in [0, 0.05) is 22.7 Å². The third-order valence-electron chi connectivity index (χ3n) is 2.07. The molecule has 0 aliphatic carbocycles. The van der Waals surface area contributed by atoms with Gasteiger partial charge in [0.05, 0.1) is 0 Å². The number of benzene rings is 1. The van der Waals surface area contributed by atoms with Crippen LogP contribution in [0.25, 0.3) is 0 Å². The molecule has 15 heavy (non-hydrogen) atoms. The summed E-state index contributed by atoms with van der Waals surface area (Å²) in [5, 5.41) is 18.2. The van der Waals surface area contributed by atoms with Crippen molar-refractivity contribution in [3.63, 3.8) is 0 Å². The van der Waals surface area contributed by atoms with Crippen molar-refractivity contribution in [2.75, 3.05) is 6.61 Å². The van der Waals surface area contributed by atoms with Crippen LogP contribution in [-0.4, -0.2) is 16.8 Å². The Balaban J connectivity index is 0.00000196. The third kappa shape index (κ3) is 4.38. The Morgan fingerprint density at radius 2 is 2.07 bits per heavy atom. The molecule has 0 aromatic heterocycles. The molecule has 0 saturated heterocycles. The van der Waals surface area contributed by atoms with Crippen molar-refractivity contribution in [2.24, 2.45) is 5.73 Å². The Bertz CT molecular complexity index is 309. The molecule has 1 rings (SSSR count). The Morgan fingerprint density at radius 1 is 1.40 bits per heavy atom. The molecule has 0 spiro atoms. The number of rotatable bonds is 4. The van der Waals surface area contributed by atoms with Gasteiger partial charge in [0.25, 0.3) is 0 Å². The summed E-state index contributed by atoms with van der Waals surface area (Å²) in [5.74, 6) is 0.199. The molecular formula is C10H15BrClNO2. The first kappa shape index (κ1) is 14.7. The molecule has 0 amide bonds. The van der Waals surface area contributed by atoms with Crippen molar-refractivity contribution >= 4 is 28.3 Å². The number of hydrogen-bond acceptors (Lipinski definition) is 3. The van der Waals surface area contributed by atoms with E-state index < -0.39 is 0 Å². The first-order chi connectivity index (χ1) is 6.65. The zero-order valence-electron chi connectivity index (χ0n) is 8.19. The van der Waals surface area contributed by atoms with Gasteiger partial charge >= 0.3 is 0 Å². The topological polar surface area (TPSA) is 66.5 Å². The summed E-state index contributed by atoms with van der Waals surface area (Å²) in [6.45, 7) is 0.130. The predicted octanol–water partition coefficient (Wildman–Crippen LogP) is 2.35. The van der Waals surface area contributed by atoms with Crippen LogP contribution in [0.1, 0.15) is 24.4 Å². The molecule has 86 valence electrons. The highest BCUT2D eigenvalue weighted by Gasteiger charge is 2.10. The standard InChI is InChI=1S/C10H14BrNO2.ClH/c11-7-3-4-8(10(14)6-7)9(12)2-1-5-13;/h3-4,6,9,13-14H,1-2,5,12H2;1H/t9-;/m0./s1. The molecule has 0 radical (unpaired) electrons. The fourth-order valence-electron chi connectivity index (χ4n) is 1.30. The van der Waals surface area contributed by atoms with Crippen LogP contribution >= 0.6 is 28.3 Å². The van der Waals surface area contributed by atoms with E-state index in [0.29, 0.717) is 12.8 Å². The molecule has 3 nitrogen and oxygen atoms in total. The van der Waals surface area contributed by atoms with Crippen LogP contribution in [0.2, 0.25) is 0 Å². The summed E-state index contributed by atoms with van der Waals surface area (Å²) in [6, 6.07) is 5.04. The molecular weight excluding hydrogens is 281 g/mol. The molecule has 4 N–H and O–H groups in total. The van der Waals surface area contributed by atoms with E-state index in [4.69, 9.17) is 10.8 Å². The lowest BCUT2D eigenvalue weighted by Gasteiger charge is -2.12. The average Bonchev–Trinajstić information content (AvgIpc) is 2.14. The highest BCUT2D eigenvalue weighted by Crippen LogP contribution is 2.28. The van der Waals surface area contributed by atoms with E-state index in [1.807, 2.05) is 6.07 Å². The Hall–Kier alpha value is -0.290. The molecule has 0 aliphatic heterocycles. The number of aliphatic hydroxyl groups excluding tert-OH is 1. The second-order valence-electron chi connectivity index (χ2n) is 3.18. The molecule has 0 bridgehead atoms. The van der Waals surface area contributed by atoms with Gasteiger partial charge in [0.2, 0.25) is 0 Å². The minimum atomic E-state index is -0.213. The number of nitrogens with two attached hydrogens (primary N) is 1. The minimum Gasteiger partial charge on any atom is -0.508 e. The van der Waals surface area contributed by atoms with E-state index in [1.54, 1.807) is 12.1 Å². The van der Waals surface area contributed by atoms with Gasteiger partial charge in [-0.1, -0.05) is 22.0 Å². The zero-order valence-corrected chi connectivity index (χ0v) is 10.6. The molecule has 5 heteroatoms. The van der Waals surface area contributed by atoms with E-state index in [-0.39, 0.29) is 30.8 Å². The van der Waals surface area contributed by atoms with Crippen molar-refractivity contribution in [1.82, 2.24) is 0 Å². The molecule has 0 fully saturated rings. The number of aromatic hydroxyl groups is 1. The second-order valence-corrected chi connectivity index (χ2v) is 4.09. The van der Waals surface area contributed by atoms with Crippen molar-refractivity contribution < 1.29 is 10.2 Å². The maximum atomic E-state index is 9.59. The third-order valence-corrected chi connectivity index (χ3v) is 2.56. The minimum absolute atomic E-state index is 0. The summed E-state index contributed by atoms with van der Waals surface area (Å²) in [5.41, 5.74) is 6.57. The van der Waals surface area contributed by atoms with E-state index in [2.05, 4.69) is 15.9 Å². The Kier molecular flexibility index (Phi) is 6.92. The van der Waals surface area contributed by atoms with Gasteiger partial charge in [-0.15, -0.1) is 12.4 Å². The zero-order chi connectivity index (χ0) is 10.6. The predicted molar refractivity (Wildman–Crippen MR) is 66.3 cm³/mol. The number of phenolic OH excluding ortho intramolecular Hbond substituents is 1. The largest absolute Gasteiger partial charge is 0.508 e. The maximum absolute atomic E-state index is 9.59. The van der Waals surface area contributed by atoms with Gasteiger partial charge in [0.15, 0.2) is 0 Å². The fourth-order valence-corrected chi connectivity index (χ4v) is 1.65. The normalized spacial score (nSPS) is 11.9. The van der Waals surface area contributed by atoms with Gasteiger partial charge < -0.3 is 15.9 Å². The summed E-state index contributed by atoms with van der Waals surface area (Å²) in [7, 11) is 0. The van der Waals surface area contributed by atoms with E-state index in [9.17, 15) is 5.11 Å². The summed E-state index contributed by atoms with van der Waals surface area (Å²) in [6.07, 6.45) is 1.32. The Morgan fingerprint density at radius 3 is 2.60 bits per heavy atom. The summed E-state index contributed by atoms with van der Waals surface area (Å²) >= 11 is 3.26. The maximum Gasteiger partial charge on any atom is 0.121 e. The lowest BCUT2D eigenvalue weighted by atomic mass is 10.0. The van der Waals surface area contributed by atoms with Crippen LogP contribution in [0, 0.1) is 0 Å². The molecule has 1 aromatic rings. The quantitative estimate of drug-likeness (QED) is 0.799. The van der Waals surface area contributed by atoms with Gasteiger partial charge in [-0.2, -0.15) is 0 Å². The van der Waals surface area contributed by atoms with E-state index >= 15 is 0 Å². The monoisotopic (exact) mass is 295 g/mol.